The highest BCUT2D eigenvalue weighted by molar-refractivity contribution is 5.99. The van der Waals surface area contributed by atoms with E-state index in [0.29, 0.717) is 18.7 Å². The number of fused-ring (bicyclic) bond motifs is 2. The second kappa shape index (κ2) is 12.1. The summed E-state index contributed by atoms with van der Waals surface area (Å²) in [7, 11) is 1.00. The maximum absolute atomic E-state index is 13.0. The zero-order valence-electron chi connectivity index (χ0n) is 23.0. The summed E-state index contributed by atoms with van der Waals surface area (Å²) < 4.78 is 0. The summed E-state index contributed by atoms with van der Waals surface area (Å²) in [6.45, 7) is 9.71. The topological polar surface area (TPSA) is 98.3 Å². The molecular weight excluding hydrogens is 476 g/mol. The van der Waals surface area contributed by atoms with Gasteiger partial charge in [0.05, 0.1) is 5.69 Å². The molecule has 0 saturated heterocycles. The van der Waals surface area contributed by atoms with E-state index in [-0.39, 0.29) is 23.3 Å². The number of aromatic nitrogens is 2. The van der Waals surface area contributed by atoms with E-state index in [2.05, 4.69) is 48.3 Å². The van der Waals surface area contributed by atoms with Crippen LogP contribution in [0, 0.1) is 18.3 Å². The van der Waals surface area contributed by atoms with Gasteiger partial charge in [0.2, 0.25) is 0 Å². The van der Waals surface area contributed by atoms with Gasteiger partial charge in [-0.1, -0.05) is 39.0 Å². The number of rotatable bonds is 6. The van der Waals surface area contributed by atoms with E-state index in [0.717, 1.165) is 54.3 Å². The van der Waals surface area contributed by atoms with Gasteiger partial charge in [-0.25, -0.2) is 0 Å². The number of carbonyl (C=O) groups is 2. The second-order valence-corrected chi connectivity index (χ2v) is 10.6. The normalized spacial score (nSPS) is 15.4. The van der Waals surface area contributed by atoms with Gasteiger partial charge in [-0.05, 0) is 67.0 Å². The Morgan fingerprint density at radius 3 is 2.50 bits per heavy atom. The number of hydrogen-bond donors (Lipinski definition) is 3. The third-order valence-corrected chi connectivity index (χ3v) is 7.10. The number of terminal acetylenes is 1. The number of amides is 2. The van der Waals surface area contributed by atoms with Gasteiger partial charge < -0.3 is 15.3 Å². The standard InChI is InChI=1S/C28H32N4O2.C2H2.CH4O/c1-5-17(2)29-26(33)19-8-6-18(7-9-19)15-32-16-21-12-20(10-11-22(21)27(32)34)25-23-13-28(3,4)14-24(23)30-31-25;2*1-2/h6-12,17H,5,13-16H2,1-4H3,(H,29,33)(H,30,31);1-2H;2H,1H3/t17-;;/m1../s1. The van der Waals surface area contributed by atoms with Crippen molar-refractivity contribution in [2.75, 3.05) is 7.11 Å². The summed E-state index contributed by atoms with van der Waals surface area (Å²) in [4.78, 5) is 27.2. The van der Waals surface area contributed by atoms with Crippen LogP contribution >= 0.6 is 0 Å². The molecule has 3 aromatic rings. The summed E-state index contributed by atoms with van der Waals surface area (Å²) in [5.74, 6) is -0.0140. The van der Waals surface area contributed by atoms with Crippen LogP contribution < -0.4 is 5.32 Å². The third kappa shape index (κ3) is 5.98. The Morgan fingerprint density at radius 2 is 1.84 bits per heavy atom. The maximum atomic E-state index is 13.0. The molecular formula is C31H38N4O3. The first kappa shape index (κ1) is 28.7. The molecule has 38 heavy (non-hydrogen) atoms. The van der Waals surface area contributed by atoms with Gasteiger partial charge >= 0.3 is 0 Å². The van der Waals surface area contributed by atoms with E-state index >= 15 is 0 Å². The van der Waals surface area contributed by atoms with E-state index in [9.17, 15) is 9.59 Å². The smallest absolute Gasteiger partial charge is 0.254 e. The maximum Gasteiger partial charge on any atom is 0.254 e. The lowest BCUT2D eigenvalue weighted by Crippen LogP contribution is -2.31. The molecule has 0 unspecified atom stereocenters. The Balaban J connectivity index is 0.000000956. The fraction of sp³-hybridized carbons (Fsp3) is 0.387. The molecule has 2 aromatic carbocycles. The molecule has 0 fully saturated rings. The van der Waals surface area contributed by atoms with E-state index in [1.165, 1.54) is 11.3 Å². The van der Waals surface area contributed by atoms with Gasteiger partial charge in [-0.2, -0.15) is 5.10 Å². The molecule has 2 heterocycles. The quantitative estimate of drug-likeness (QED) is 0.414. The van der Waals surface area contributed by atoms with E-state index in [4.69, 9.17) is 5.11 Å². The van der Waals surface area contributed by atoms with Crippen molar-refractivity contribution in [1.82, 2.24) is 20.4 Å². The molecule has 1 aromatic heterocycles. The number of aliphatic hydroxyl groups excluding tert-OH is 1. The van der Waals surface area contributed by atoms with Crippen LogP contribution in [0.4, 0.5) is 0 Å². The zero-order valence-corrected chi connectivity index (χ0v) is 23.0. The molecule has 2 aliphatic rings. The number of H-pyrrole nitrogens is 1. The third-order valence-electron chi connectivity index (χ3n) is 7.10. The Morgan fingerprint density at radius 1 is 1.16 bits per heavy atom. The Kier molecular flexibility index (Phi) is 9.13. The lowest BCUT2D eigenvalue weighted by Gasteiger charge is -2.16. The number of nitrogens with zero attached hydrogens (tertiary/aromatic N) is 2. The minimum Gasteiger partial charge on any atom is -0.400 e. The van der Waals surface area contributed by atoms with Crippen molar-refractivity contribution < 1.29 is 14.7 Å². The van der Waals surface area contributed by atoms with Crippen LogP contribution in [0.2, 0.25) is 0 Å². The van der Waals surface area contributed by atoms with Crippen molar-refractivity contribution in [2.45, 2.75) is 66.1 Å². The highest BCUT2D eigenvalue weighted by Gasteiger charge is 2.33. The molecule has 5 rings (SSSR count). The SMILES string of the molecule is C#C.CC[C@@H](C)NC(=O)c1ccc(CN2Cc3cc(-c4n[nH]c5c4CC(C)(C)C5)ccc3C2=O)cc1.CO. The predicted molar refractivity (Wildman–Crippen MR) is 150 cm³/mol. The summed E-state index contributed by atoms with van der Waals surface area (Å²) >= 11 is 0. The monoisotopic (exact) mass is 514 g/mol. The molecule has 7 heteroatoms. The van der Waals surface area contributed by atoms with Crippen LogP contribution in [0.1, 0.15) is 77.2 Å². The number of nitrogens with one attached hydrogen (secondary N) is 2. The molecule has 2 amide bonds. The van der Waals surface area contributed by atoms with E-state index in [1.54, 1.807) is 0 Å². The van der Waals surface area contributed by atoms with Crippen LogP contribution in [0.5, 0.6) is 0 Å². The first-order chi connectivity index (χ1) is 18.2. The van der Waals surface area contributed by atoms with Crippen molar-refractivity contribution in [3.05, 3.63) is 76.0 Å². The molecule has 1 aliphatic heterocycles. The summed E-state index contributed by atoms with van der Waals surface area (Å²) in [5, 5.41) is 17.8. The molecule has 0 bridgehead atoms. The number of aromatic amines is 1. The van der Waals surface area contributed by atoms with Crippen molar-refractivity contribution in [2.24, 2.45) is 5.41 Å². The van der Waals surface area contributed by atoms with Crippen LogP contribution in [-0.2, 0) is 25.9 Å². The summed E-state index contributed by atoms with van der Waals surface area (Å²) in [6.07, 6.45) is 10.9. The van der Waals surface area contributed by atoms with E-state index < -0.39 is 0 Å². The number of aliphatic hydroxyl groups is 1. The lowest BCUT2D eigenvalue weighted by atomic mass is 9.90. The van der Waals surface area contributed by atoms with Gasteiger partial charge in [0.25, 0.3) is 11.8 Å². The van der Waals surface area contributed by atoms with Crippen LogP contribution in [0.25, 0.3) is 11.3 Å². The first-order valence-corrected chi connectivity index (χ1v) is 12.9. The lowest BCUT2D eigenvalue weighted by molar-refractivity contribution is 0.0766. The molecule has 1 atom stereocenters. The highest BCUT2D eigenvalue weighted by atomic mass is 16.2. The zero-order chi connectivity index (χ0) is 28.0. The van der Waals surface area contributed by atoms with Gasteiger partial charge in [0.15, 0.2) is 0 Å². The minimum atomic E-state index is -0.0636. The Bertz CT molecular complexity index is 1300. The van der Waals surface area contributed by atoms with Crippen LogP contribution in [-0.4, -0.2) is 45.2 Å². The average molecular weight is 515 g/mol. The minimum absolute atomic E-state index is 0.0496. The van der Waals surface area contributed by atoms with Gasteiger partial charge in [0.1, 0.15) is 0 Å². The van der Waals surface area contributed by atoms with Crippen LogP contribution in [0.15, 0.2) is 42.5 Å². The molecule has 0 spiro atoms. The van der Waals surface area contributed by atoms with E-state index in [1.807, 2.05) is 55.1 Å². The number of hydrogen-bond acceptors (Lipinski definition) is 4. The van der Waals surface area contributed by atoms with Gasteiger partial charge in [-0.3, -0.25) is 14.7 Å². The molecule has 7 nitrogen and oxygen atoms in total. The van der Waals surface area contributed by atoms with Crippen molar-refractivity contribution in [3.8, 4) is 24.1 Å². The molecule has 0 radical (unpaired) electrons. The van der Waals surface area contributed by atoms with Gasteiger partial charge in [0, 0.05) is 54.2 Å². The largest absolute Gasteiger partial charge is 0.400 e. The molecule has 1 aliphatic carbocycles. The molecule has 200 valence electrons. The van der Waals surface area contributed by atoms with Crippen molar-refractivity contribution in [3.63, 3.8) is 0 Å². The number of carbonyl (C=O) groups excluding carboxylic acids is 2. The molecule has 0 saturated carbocycles. The fourth-order valence-electron chi connectivity index (χ4n) is 5.04. The fourth-order valence-corrected chi connectivity index (χ4v) is 5.04. The average Bonchev–Trinajstić information content (AvgIpc) is 3.55. The predicted octanol–water partition coefficient (Wildman–Crippen LogP) is 4.74. The molecule has 3 N–H and O–H groups in total. The Hall–Kier alpha value is -3.89. The second-order valence-electron chi connectivity index (χ2n) is 10.6. The summed E-state index contributed by atoms with van der Waals surface area (Å²) in [6, 6.07) is 13.8. The van der Waals surface area contributed by atoms with Crippen LogP contribution in [0.3, 0.4) is 0 Å². The van der Waals surface area contributed by atoms with Gasteiger partial charge in [-0.15, -0.1) is 12.8 Å². The summed E-state index contributed by atoms with van der Waals surface area (Å²) in [5.41, 5.74) is 8.34. The van der Waals surface area contributed by atoms with Crippen molar-refractivity contribution >= 4 is 11.8 Å². The first-order valence-electron chi connectivity index (χ1n) is 12.9. The van der Waals surface area contributed by atoms with Crippen molar-refractivity contribution in [1.29, 1.82) is 0 Å². The Labute approximate surface area is 225 Å². The highest BCUT2D eigenvalue weighted by Crippen LogP contribution is 2.40. The number of benzene rings is 2.